The molecule has 128 valence electrons. The molecule has 1 aliphatic rings. The van der Waals surface area contributed by atoms with Crippen molar-refractivity contribution in [2.75, 3.05) is 0 Å². The first-order valence-corrected chi connectivity index (χ1v) is 8.20. The first kappa shape index (κ1) is 16.9. The van der Waals surface area contributed by atoms with Crippen molar-refractivity contribution in [3.63, 3.8) is 0 Å². The number of carboxylic acid groups (broad SMARTS) is 1. The Morgan fingerprint density at radius 3 is 2.00 bits per heavy atom. The van der Waals surface area contributed by atoms with Gasteiger partial charge in [-0.1, -0.05) is 48.5 Å². The molecule has 0 spiro atoms. The van der Waals surface area contributed by atoms with Gasteiger partial charge in [-0.15, -0.1) is 0 Å². The number of benzene rings is 2. The number of ketones is 1. The van der Waals surface area contributed by atoms with Crippen LogP contribution in [0, 0.1) is 0 Å². The summed E-state index contributed by atoms with van der Waals surface area (Å²) in [6, 6.07) is 14.2. The highest BCUT2D eigenvalue weighted by atomic mass is 16.4. The number of nitrogens with one attached hydrogen (secondary N) is 1. The Kier molecular flexibility index (Phi) is 4.65. The Balaban J connectivity index is 1.89. The summed E-state index contributed by atoms with van der Waals surface area (Å²) in [7, 11) is 0. The number of hydrogen-bond acceptors (Lipinski definition) is 3. The van der Waals surface area contributed by atoms with E-state index in [1.807, 2.05) is 48.5 Å². The topological polar surface area (TPSA) is 83.5 Å². The molecule has 5 heteroatoms. The van der Waals surface area contributed by atoms with Gasteiger partial charge in [0.1, 0.15) is 11.8 Å². The smallest absolute Gasteiger partial charge is 0.326 e. The highest BCUT2D eigenvalue weighted by Crippen LogP contribution is 2.44. The zero-order valence-electron chi connectivity index (χ0n) is 13.9. The molecule has 5 nitrogen and oxygen atoms in total. The second kappa shape index (κ2) is 6.89. The molecule has 1 atom stereocenters. The third-order valence-electron chi connectivity index (χ3n) is 4.50. The molecule has 0 unspecified atom stereocenters. The monoisotopic (exact) mass is 337 g/mol. The molecule has 0 radical (unpaired) electrons. The van der Waals surface area contributed by atoms with Gasteiger partial charge in [-0.3, -0.25) is 4.79 Å². The molecule has 3 rings (SSSR count). The van der Waals surface area contributed by atoms with Crippen LogP contribution in [-0.4, -0.2) is 28.8 Å². The lowest BCUT2D eigenvalue weighted by Gasteiger charge is -2.18. The minimum Gasteiger partial charge on any atom is -0.480 e. The van der Waals surface area contributed by atoms with Crippen molar-refractivity contribution in [1.29, 1.82) is 0 Å². The van der Waals surface area contributed by atoms with Crippen LogP contribution in [0.3, 0.4) is 0 Å². The molecule has 0 heterocycles. The minimum atomic E-state index is -1.13. The first-order valence-electron chi connectivity index (χ1n) is 8.20. The summed E-state index contributed by atoms with van der Waals surface area (Å²) in [6.07, 6.45) is 0.210. The molecule has 1 amide bonds. The number of rotatable bonds is 6. The molecule has 0 saturated carbocycles. The second-order valence-electron chi connectivity index (χ2n) is 6.25. The van der Waals surface area contributed by atoms with E-state index in [2.05, 4.69) is 5.32 Å². The van der Waals surface area contributed by atoms with E-state index in [4.69, 9.17) is 0 Å². The van der Waals surface area contributed by atoms with Crippen molar-refractivity contribution in [2.24, 2.45) is 0 Å². The standard InChI is InChI=1S/C20H19NO4/c1-12(22)10-11-17(20(24)25)21-19(23)18-15-8-4-2-6-13(15)14-7-3-5-9-16(14)18/h2-9,17-18H,10-11H2,1H3,(H,21,23)(H,24,25)/t17-/m0/s1. The van der Waals surface area contributed by atoms with E-state index in [0.29, 0.717) is 0 Å². The number of hydrogen-bond donors (Lipinski definition) is 2. The summed E-state index contributed by atoms with van der Waals surface area (Å²) < 4.78 is 0. The number of carbonyl (C=O) groups excluding carboxylic acids is 2. The molecule has 0 bridgehead atoms. The second-order valence-corrected chi connectivity index (χ2v) is 6.25. The zero-order valence-corrected chi connectivity index (χ0v) is 13.9. The highest BCUT2D eigenvalue weighted by Gasteiger charge is 2.35. The van der Waals surface area contributed by atoms with Gasteiger partial charge in [-0.2, -0.15) is 0 Å². The van der Waals surface area contributed by atoms with E-state index in [1.165, 1.54) is 6.92 Å². The number of amides is 1. The Bertz CT molecular complexity index is 798. The normalized spacial score (nSPS) is 13.6. The quantitative estimate of drug-likeness (QED) is 0.849. The van der Waals surface area contributed by atoms with Crippen LogP contribution in [0.2, 0.25) is 0 Å². The van der Waals surface area contributed by atoms with Gasteiger partial charge in [0.15, 0.2) is 0 Å². The number of carbonyl (C=O) groups is 3. The number of aliphatic carboxylic acids is 1. The lowest BCUT2D eigenvalue weighted by atomic mass is 9.95. The summed E-state index contributed by atoms with van der Waals surface area (Å²) in [6.45, 7) is 1.41. The summed E-state index contributed by atoms with van der Waals surface area (Å²) in [5.74, 6) is -2.12. The average Bonchev–Trinajstić information content (AvgIpc) is 2.92. The van der Waals surface area contributed by atoms with E-state index < -0.39 is 17.9 Å². The van der Waals surface area contributed by atoms with E-state index in [0.717, 1.165) is 22.3 Å². The molecule has 0 aromatic heterocycles. The van der Waals surface area contributed by atoms with Gasteiger partial charge >= 0.3 is 5.97 Å². The van der Waals surface area contributed by atoms with Crippen molar-refractivity contribution in [3.8, 4) is 11.1 Å². The third-order valence-corrected chi connectivity index (χ3v) is 4.50. The highest BCUT2D eigenvalue weighted by molar-refractivity contribution is 5.97. The van der Waals surface area contributed by atoms with Crippen LogP contribution >= 0.6 is 0 Å². The number of carboxylic acids is 1. The van der Waals surface area contributed by atoms with Gasteiger partial charge in [0.2, 0.25) is 5.91 Å². The van der Waals surface area contributed by atoms with Crippen LogP contribution in [0.15, 0.2) is 48.5 Å². The third kappa shape index (κ3) is 3.31. The SMILES string of the molecule is CC(=O)CC[C@H](NC(=O)C1c2ccccc2-c2ccccc21)C(=O)O. The predicted molar refractivity (Wildman–Crippen MR) is 93.2 cm³/mol. The van der Waals surface area contributed by atoms with Crippen LogP contribution in [0.25, 0.3) is 11.1 Å². The summed E-state index contributed by atoms with van der Waals surface area (Å²) in [5, 5.41) is 11.9. The fraction of sp³-hybridized carbons (Fsp3) is 0.250. The number of fused-ring (bicyclic) bond motifs is 3. The van der Waals surface area contributed by atoms with Crippen molar-refractivity contribution in [1.82, 2.24) is 5.32 Å². The molecular weight excluding hydrogens is 318 g/mol. The van der Waals surface area contributed by atoms with Crippen molar-refractivity contribution < 1.29 is 19.5 Å². The Labute approximate surface area is 145 Å². The van der Waals surface area contributed by atoms with E-state index in [1.54, 1.807) is 0 Å². The maximum atomic E-state index is 12.9. The Morgan fingerprint density at radius 1 is 1.00 bits per heavy atom. The van der Waals surface area contributed by atoms with E-state index in [9.17, 15) is 19.5 Å². The Morgan fingerprint density at radius 2 is 1.52 bits per heavy atom. The lowest BCUT2D eigenvalue weighted by Crippen LogP contribution is -2.43. The predicted octanol–water partition coefficient (Wildman–Crippen LogP) is 2.74. The van der Waals surface area contributed by atoms with Crippen LogP contribution < -0.4 is 5.32 Å². The zero-order chi connectivity index (χ0) is 18.0. The van der Waals surface area contributed by atoms with Crippen LogP contribution in [-0.2, 0) is 14.4 Å². The van der Waals surface area contributed by atoms with Crippen LogP contribution in [0.1, 0.15) is 36.8 Å². The molecule has 2 aromatic rings. The largest absolute Gasteiger partial charge is 0.480 e. The van der Waals surface area contributed by atoms with Gasteiger partial charge in [0, 0.05) is 6.42 Å². The molecule has 25 heavy (non-hydrogen) atoms. The van der Waals surface area contributed by atoms with E-state index >= 15 is 0 Å². The molecule has 0 saturated heterocycles. The summed E-state index contributed by atoms with van der Waals surface area (Å²) >= 11 is 0. The maximum Gasteiger partial charge on any atom is 0.326 e. The van der Waals surface area contributed by atoms with Crippen molar-refractivity contribution in [2.45, 2.75) is 31.7 Å². The Hall–Kier alpha value is -2.95. The molecule has 0 fully saturated rings. The summed E-state index contributed by atoms with van der Waals surface area (Å²) in [5.41, 5.74) is 3.73. The maximum absolute atomic E-state index is 12.9. The lowest BCUT2D eigenvalue weighted by molar-refractivity contribution is -0.142. The van der Waals surface area contributed by atoms with Crippen LogP contribution in [0.4, 0.5) is 0 Å². The first-order chi connectivity index (χ1) is 12.0. The van der Waals surface area contributed by atoms with Crippen molar-refractivity contribution in [3.05, 3.63) is 59.7 Å². The van der Waals surface area contributed by atoms with Crippen LogP contribution in [0.5, 0.6) is 0 Å². The van der Waals surface area contributed by atoms with Crippen molar-refractivity contribution >= 4 is 17.7 Å². The summed E-state index contributed by atoms with van der Waals surface area (Å²) in [4.78, 5) is 35.4. The van der Waals surface area contributed by atoms with Gasteiger partial charge in [-0.25, -0.2) is 4.79 Å². The fourth-order valence-corrected chi connectivity index (χ4v) is 3.30. The fourth-order valence-electron chi connectivity index (χ4n) is 3.30. The molecule has 0 aliphatic heterocycles. The molecule has 2 N–H and O–H groups in total. The van der Waals surface area contributed by atoms with Gasteiger partial charge in [0.25, 0.3) is 0 Å². The molecule has 1 aliphatic carbocycles. The van der Waals surface area contributed by atoms with Gasteiger partial charge in [0.05, 0.1) is 5.92 Å². The van der Waals surface area contributed by atoms with E-state index in [-0.39, 0.29) is 24.5 Å². The number of Topliss-reactive ketones (excluding diaryl/α,β-unsaturated/α-hetero) is 1. The molecular formula is C20H19NO4. The average molecular weight is 337 g/mol. The molecule has 2 aromatic carbocycles. The minimum absolute atomic E-state index is 0.0897. The van der Waals surface area contributed by atoms with Gasteiger partial charge < -0.3 is 15.2 Å². The van der Waals surface area contributed by atoms with Gasteiger partial charge in [-0.05, 0) is 35.6 Å².